The van der Waals surface area contributed by atoms with Gasteiger partial charge in [0.05, 0.1) is 5.69 Å². The maximum Gasteiger partial charge on any atom is 0.220 e. The summed E-state index contributed by atoms with van der Waals surface area (Å²) in [6.45, 7) is 2.01. The number of benzene rings is 2. The topological polar surface area (TPSA) is 63.8 Å². The Balaban J connectivity index is 1.73. The number of hydrogen-bond acceptors (Lipinski definition) is 4. The number of nitrogens with one attached hydrogen (secondary N) is 1. The van der Waals surface area contributed by atoms with Crippen LogP contribution in [0.5, 0.6) is 0 Å². The predicted molar refractivity (Wildman–Crippen MR) is 106 cm³/mol. The Hall–Kier alpha value is -2.43. The van der Waals surface area contributed by atoms with E-state index < -0.39 is 0 Å². The van der Waals surface area contributed by atoms with Gasteiger partial charge in [0.1, 0.15) is 0 Å². The molecular weight excluding hydrogens is 344 g/mol. The van der Waals surface area contributed by atoms with E-state index in [9.17, 15) is 0 Å². The molecule has 0 amide bonds. The zero-order valence-corrected chi connectivity index (χ0v) is 15.2. The van der Waals surface area contributed by atoms with Crippen molar-refractivity contribution in [2.24, 2.45) is 0 Å². The molecule has 0 unspecified atom stereocenters. The Morgan fingerprint density at radius 3 is 2.12 bits per heavy atom. The minimum atomic E-state index is 0.0130. The normalized spacial score (nSPS) is 16.3. The molecule has 0 saturated carbocycles. The molecule has 0 spiro atoms. The van der Waals surface area contributed by atoms with Crippen LogP contribution in [0.25, 0.3) is 11.3 Å². The summed E-state index contributed by atoms with van der Waals surface area (Å²) in [6, 6.07) is 18.8. The molecule has 1 aromatic heterocycles. The Kier molecular flexibility index (Phi) is 4.62. The number of aromatic nitrogens is 2. The number of piperidine rings is 1. The Morgan fingerprint density at radius 2 is 1.50 bits per heavy atom. The molecule has 1 fully saturated rings. The van der Waals surface area contributed by atoms with Crippen LogP contribution in [-0.2, 0) is 5.41 Å². The summed E-state index contributed by atoms with van der Waals surface area (Å²) < 4.78 is 0. The molecule has 0 aliphatic carbocycles. The van der Waals surface area contributed by atoms with Crippen molar-refractivity contribution < 1.29 is 0 Å². The first-order valence-corrected chi connectivity index (χ1v) is 9.21. The molecule has 3 aromatic rings. The largest absolute Gasteiger partial charge is 0.368 e. The summed E-state index contributed by atoms with van der Waals surface area (Å²) in [4.78, 5) is 8.28. The van der Waals surface area contributed by atoms with Crippen molar-refractivity contribution in [3.05, 3.63) is 76.9 Å². The highest BCUT2D eigenvalue weighted by Gasteiger charge is 2.35. The van der Waals surface area contributed by atoms with Gasteiger partial charge in [0.2, 0.25) is 5.95 Å². The smallest absolute Gasteiger partial charge is 0.220 e. The predicted octanol–water partition coefficient (Wildman–Crippen LogP) is 4.05. The summed E-state index contributed by atoms with van der Waals surface area (Å²) >= 11 is 6.11. The molecular formula is C21H21ClN4. The maximum absolute atomic E-state index is 6.11. The van der Waals surface area contributed by atoms with Gasteiger partial charge in [0, 0.05) is 22.2 Å². The van der Waals surface area contributed by atoms with Crippen LogP contribution in [0.1, 0.15) is 24.0 Å². The molecule has 1 aliphatic heterocycles. The number of nitrogens with zero attached hydrogens (tertiary/aromatic N) is 2. The molecule has 3 N–H and O–H groups in total. The van der Waals surface area contributed by atoms with Crippen LogP contribution in [0.15, 0.2) is 60.8 Å². The molecule has 0 atom stereocenters. The van der Waals surface area contributed by atoms with E-state index in [1.54, 1.807) is 6.20 Å². The molecule has 1 saturated heterocycles. The first-order chi connectivity index (χ1) is 12.7. The van der Waals surface area contributed by atoms with Crippen molar-refractivity contribution in [3.63, 3.8) is 0 Å². The third-order valence-electron chi connectivity index (χ3n) is 5.26. The third-order valence-corrected chi connectivity index (χ3v) is 5.51. The number of rotatable bonds is 3. The first kappa shape index (κ1) is 17.0. The van der Waals surface area contributed by atoms with E-state index in [2.05, 4.69) is 51.7 Å². The fourth-order valence-corrected chi connectivity index (χ4v) is 3.99. The van der Waals surface area contributed by atoms with Crippen molar-refractivity contribution in [3.8, 4) is 11.3 Å². The lowest BCUT2D eigenvalue weighted by Gasteiger charge is -2.39. The summed E-state index contributed by atoms with van der Waals surface area (Å²) in [7, 11) is 0. The van der Waals surface area contributed by atoms with Crippen molar-refractivity contribution in [2.75, 3.05) is 18.8 Å². The Morgan fingerprint density at radius 1 is 0.885 bits per heavy atom. The van der Waals surface area contributed by atoms with E-state index in [1.165, 1.54) is 11.1 Å². The van der Waals surface area contributed by atoms with Crippen LogP contribution in [0.4, 0.5) is 5.95 Å². The van der Waals surface area contributed by atoms with Crippen molar-refractivity contribution in [1.82, 2.24) is 15.3 Å². The molecule has 5 heteroatoms. The summed E-state index contributed by atoms with van der Waals surface area (Å²) in [5.41, 5.74) is 10.3. The number of anilines is 1. The highest BCUT2D eigenvalue weighted by molar-refractivity contribution is 6.30. The van der Waals surface area contributed by atoms with Crippen LogP contribution in [0.3, 0.4) is 0 Å². The Bertz CT molecular complexity index is 885. The van der Waals surface area contributed by atoms with E-state index in [0.717, 1.165) is 42.2 Å². The zero-order chi connectivity index (χ0) is 18.0. The molecule has 4 rings (SSSR count). The van der Waals surface area contributed by atoms with E-state index in [4.69, 9.17) is 17.3 Å². The molecule has 0 radical (unpaired) electrons. The lowest BCUT2D eigenvalue weighted by atomic mass is 9.68. The van der Waals surface area contributed by atoms with E-state index in [-0.39, 0.29) is 5.41 Å². The van der Waals surface area contributed by atoms with E-state index in [0.29, 0.717) is 5.95 Å². The molecule has 4 nitrogen and oxygen atoms in total. The van der Waals surface area contributed by atoms with Crippen LogP contribution in [0.2, 0.25) is 5.02 Å². The standard InChI is InChI=1S/C21H21ClN4/c22-18-7-5-17(6-8-18)21(10-13-24-14-11-21)16-3-1-15(2-4-16)19-9-12-25-20(23)26-19/h1-9,12,24H,10-11,13-14H2,(H2,23,25,26). The highest BCUT2D eigenvalue weighted by Crippen LogP contribution is 2.41. The van der Waals surface area contributed by atoms with Crippen LogP contribution >= 0.6 is 11.6 Å². The van der Waals surface area contributed by atoms with Gasteiger partial charge in [-0.3, -0.25) is 0 Å². The van der Waals surface area contributed by atoms with Gasteiger partial charge >= 0.3 is 0 Å². The molecule has 132 valence electrons. The monoisotopic (exact) mass is 364 g/mol. The van der Waals surface area contributed by atoms with Gasteiger partial charge in [-0.2, -0.15) is 0 Å². The lowest BCUT2D eigenvalue weighted by molar-refractivity contribution is 0.362. The number of halogens is 1. The highest BCUT2D eigenvalue weighted by atomic mass is 35.5. The van der Waals surface area contributed by atoms with Crippen LogP contribution < -0.4 is 11.1 Å². The summed E-state index contributed by atoms with van der Waals surface area (Å²) in [5.74, 6) is 0.294. The van der Waals surface area contributed by atoms with Crippen molar-refractivity contribution >= 4 is 17.5 Å². The Labute approximate surface area is 158 Å². The second-order valence-electron chi connectivity index (χ2n) is 6.72. The fraction of sp³-hybridized carbons (Fsp3) is 0.238. The van der Waals surface area contributed by atoms with Gasteiger partial charge in [0.25, 0.3) is 0 Å². The van der Waals surface area contributed by atoms with Gasteiger partial charge < -0.3 is 11.1 Å². The van der Waals surface area contributed by atoms with Gasteiger partial charge in [-0.25, -0.2) is 9.97 Å². The number of hydrogen-bond donors (Lipinski definition) is 2. The van der Waals surface area contributed by atoms with Gasteiger partial charge in [-0.1, -0.05) is 48.0 Å². The zero-order valence-electron chi connectivity index (χ0n) is 14.5. The van der Waals surface area contributed by atoms with Gasteiger partial charge in [0.15, 0.2) is 0 Å². The minimum absolute atomic E-state index is 0.0130. The van der Waals surface area contributed by atoms with Crippen LogP contribution in [-0.4, -0.2) is 23.1 Å². The van der Waals surface area contributed by atoms with Gasteiger partial charge in [-0.15, -0.1) is 0 Å². The van der Waals surface area contributed by atoms with E-state index >= 15 is 0 Å². The van der Waals surface area contributed by atoms with E-state index in [1.807, 2.05) is 18.2 Å². The molecule has 2 aromatic carbocycles. The lowest BCUT2D eigenvalue weighted by Crippen LogP contribution is -2.40. The quantitative estimate of drug-likeness (QED) is 0.736. The average molecular weight is 365 g/mol. The molecule has 2 heterocycles. The second kappa shape index (κ2) is 7.06. The summed E-state index contributed by atoms with van der Waals surface area (Å²) in [5, 5.41) is 4.25. The first-order valence-electron chi connectivity index (χ1n) is 8.84. The SMILES string of the molecule is Nc1nccc(-c2ccc(C3(c4ccc(Cl)cc4)CCNCC3)cc2)n1. The molecule has 1 aliphatic rings. The fourth-order valence-electron chi connectivity index (χ4n) is 3.86. The minimum Gasteiger partial charge on any atom is -0.368 e. The van der Waals surface area contributed by atoms with Gasteiger partial charge in [-0.05, 0) is 55.3 Å². The maximum atomic E-state index is 6.11. The third kappa shape index (κ3) is 3.18. The number of nitrogen functional groups attached to an aromatic ring is 1. The molecule has 26 heavy (non-hydrogen) atoms. The summed E-state index contributed by atoms with van der Waals surface area (Å²) in [6.07, 6.45) is 3.82. The second-order valence-corrected chi connectivity index (χ2v) is 7.15. The van der Waals surface area contributed by atoms with Crippen molar-refractivity contribution in [1.29, 1.82) is 0 Å². The number of nitrogens with two attached hydrogens (primary N) is 1. The average Bonchev–Trinajstić information content (AvgIpc) is 2.69. The van der Waals surface area contributed by atoms with Crippen molar-refractivity contribution in [2.45, 2.75) is 18.3 Å². The van der Waals surface area contributed by atoms with Crippen LogP contribution in [0, 0.1) is 0 Å². The molecule has 0 bridgehead atoms.